The Morgan fingerprint density at radius 1 is 1.25 bits per heavy atom. The van der Waals surface area contributed by atoms with E-state index in [4.69, 9.17) is 23.2 Å². The minimum Gasteiger partial charge on any atom is -0.296 e. The highest BCUT2D eigenvalue weighted by Gasteiger charge is 2.69. The summed E-state index contributed by atoms with van der Waals surface area (Å²) < 4.78 is -1.01. The lowest BCUT2D eigenvalue weighted by Gasteiger charge is -2.47. The highest BCUT2D eigenvalue weighted by atomic mass is 35.5. The number of hydrogen-bond acceptors (Lipinski definition) is 1. The molecule has 0 aromatic heterocycles. The number of fused-ring (bicyclic) bond motifs is 5. The van der Waals surface area contributed by atoms with E-state index in [-0.39, 0.29) is 11.7 Å². The summed E-state index contributed by atoms with van der Waals surface area (Å²) in [5.41, 5.74) is 0. The first-order valence-corrected chi connectivity index (χ1v) is 5.30. The molecule has 3 aliphatic carbocycles. The summed E-state index contributed by atoms with van der Waals surface area (Å²) in [6, 6.07) is 0. The van der Waals surface area contributed by atoms with Gasteiger partial charge >= 0.3 is 0 Å². The van der Waals surface area contributed by atoms with Crippen molar-refractivity contribution in [2.24, 2.45) is 23.7 Å². The van der Waals surface area contributed by atoms with Crippen LogP contribution in [0.1, 0.15) is 19.3 Å². The van der Waals surface area contributed by atoms with Gasteiger partial charge in [0.25, 0.3) is 0 Å². The minimum absolute atomic E-state index is 0.100. The second-order valence-electron chi connectivity index (χ2n) is 4.37. The lowest BCUT2D eigenvalue weighted by molar-refractivity contribution is -0.138. The largest absolute Gasteiger partial charge is 0.296 e. The average molecular weight is 205 g/mol. The lowest BCUT2D eigenvalue weighted by Crippen LogP contribution is -2.58. The van der Waals surface area contributed by atoms with Crippen molar-refractivity contribution >= 4 is 29.0 Å². The normalized spacial score (nSPS) is 53.7. The van der Waals surface area contributed by atoms with Gasteiger partial charge in [-0.3, -0.25) is 4.79 Å². The number of hydrogen-bond donors (Lipinski definition) is 0. The highest BCUT2D eigenvalue weighted by Crippen LogP contribution is 2.66. The predicted octanol–water partition coefficient (Wildman–Crippen LogP) is 2.41. The van der Waals surface area contributed by atoms with Gasteiger partial charge in [0.1, 0.15) is 0 Å². The Morgan fingerprint density at radius 2 is 1.92 bits per heavy atom. The van der Waals surface area contributed by atoms with Crippen molar-refractivity contribution in [3.63, 3.8) is 0 Å². The fourth-order valence-electron chi connectivity index (χ4n) is 3.48. The van der Waals surface area contributed by atoms with Gasteiger partial charge in [-0.2, -0.15) is 0 Å². The molecular formula is C9H10Cl2O. The lowest BCUT2D eigenvalue weighted by atomic mass is 9.64. The number of alkyl halides is 2. The topological polar surface area (TPSA) is 17.1 Å². The smallest absolute Gasteiger partial charge is 0.179 e. The second kappa shape index (κ2) is 2.01. The molecule has 1 nitrogen and oxygen atoms in total. The summed E-state index contributed by atoms with van der Waals surface area (Å²) in [6.45, 7) is 0. The first-order valence-electron chi connectivity index (χ1n) is 4.54. The molecule has 3 heteroatoms. The van der Waals surface area contributed by atoms with Crippen LogP contribution in [0.3, 0.4) is 0 Å². The molecule has 4 unspecified atom stereocenters. The Labute approximate surface area is 81.4 Å². The number of carbonyl (C=O) groups is 1. The van der Waals surface area contributed by atoms with Gasteiger partial charge in [0.15, 0.2) is 10.1 Å². The minimum atomic E-state index is -1.01. The Balaban J connectivity index is 1.99. The second-order valence-corrected chi connectivity index (χ2v) is 5.76. The monoisotopic (exact) mass is 204 g/mol. The van der Waals surface area contributed by atoms with Crippen molar-refractivity contribution in [2.75, 3.05) is 0 Å². The van der Waals surface area contributed by atoms with Crippen molar-refractivity contribution in [1.82, 2.24) is 0 Å². The molecule has 0 spiro atoms. The average Bonchev–Trinajstić information content (AvgIpc) is 2.59. The SMILES string of the molecule is O=C1C2C3CCC(C3)C2C1(Cl)Cl. The van der Waals surface area contributed by atoms with E-state index < -0.39 is 4.33 Å². The Morgan fingerprint density at radius 3 is 2.58 bits per heavy atom. The van der Waals surface area contributed by atoms with Crippen LogP contribution < -0.4 is 0 Å². The van der Waals surface area contributed by atoms with Crippen molar-refractivity contribution < 1.29 is 4.79 Å². The molecule has 0 aliphatic heterocycles. The zero-order valence-corrected chi connectivity index (χ0v) is 8.11. The van der Waals surface area contributed by atoms with Crippen LogP contribution in [0.25, 0.3) is 0 Å². The van der Waals surface area contributed by atoms with Crippen LogP contribution in [0.5, 0.6) is 0 Å². The quantitative estimate of drug-likeness (QED) is 0.555. The zero-order valence-electron chi connectivity index (χ0n) is 6.59. The standard InChI is InChI=1S/C9H10Cl2O/c10-9(11)7-5-2-1-4(3-5)6(7)8(9)12/h4-7H,1-3H2. The molecule has 3 fully saturated rings. The van der Waals surface area contributed by atoms with Gasteiger partial charge in [0, 0.05) is 11.8 Å². The number of carbonyl (C=O) groups excluding carboxylic acids is 1. The molecule has 0 aromatic carbocycles. The summed E-state index contributed by atoms with van der Waals surface area (Å²) in [5.74, 6) is 1.90. The third-order valence-electron chi connectivity index (χ3n) is 3.97. The third-order valence-corrected chi connectivity index (χ3v) is 4.84. The molecule has 2 bridgehead atoms. The number of Topliss-reactive ketones (excluding diaryl/α,β-unsaturated/α-hetero) is 1. The van der Waals surface area contributed by atoms with Crippen LogP contribution in [0, 0.1) is 23.7 Å². The van der Waals surface area contributed by atoms with Crippen LogP contribution in [0.4, 0.5) is 0 Å². The first-order chi connectivity index (χ1) is 5.62. The van der Waals surface area contributed by atoms with Gasteiger partial charge in [-0.1, -0.05) is 23.2 Å². The predicted molar refractivity (Wildman–Crippen MR) is 47.3 cm³/mol. The van der Waals surface area contributed by atoms with Gasteiger partial charge in [-0.25, -0.2) is 0 Å². The maximum atomic E-state index is 11.5. The van der Waals surface area contributed by atoms with Crippen LogP contribution in [-0.2, 0) is 4.79 Å². The van der Waals surface area contributed by atoms with E-state index >= 15 is 0 Å². The van der Waals surface area contributed by atoms with Crippen molar-refractivity contribution in [2.45, 2.75) is 23.6 Å². The van der Waals surface area contributed by atoms with Crippen molar-refractivity contribution in [1.29, 1.82) is 0 Å². The van der Waals surface area contributed by atoms with E-state index in [2.05, 4.69) is 0 Å². The summed E-state index contributed by atoms with van der Waals surface area (Å²) in [5, 5.41) is 0. The Hall–Kier alpha value is 0.250. The molecule has 0 aromatic rings. The van der Waals surface area contributed by atoms with Crippen molar-refractivity contribution in [3.8, 4) is 0 Å². The highest BCUT2D eigenvalue weighted by molar-refractivity contribution is 6.61. The fraction of sp³-hybridized carbons (Fsp3) is 0.889. The van der Waals surface area contributed by atoms with Gasteiger partial charge < -0.3 is 0 Å². The van der Waals surface area contributed by atoms with E-state index in [0.717, 1.165) is 0 Å². The van der Waals surface area contributed by atoms with E-state index in [1.165, 1.54) is 19.3 Å². The van der Waals surface area contributed by atoms with E-state index in [9.17, 15) is 4.79 Å². The number of ketones is 1. The molecule has 12 heavy (non-hydrogen) atoms. The Kier molecular flexibility index (Phi) is 1.28. The fourth-order valence-corrected chi connectivity index (χ4v) is 4.36. The molecule has 0 N–H and O–H groups in total. The molecular weight excluding hydrogens is 195 g/mol. The first kappa shape index (κ1) is 7.64. The third kappa shape index (κ3) is 0.632. The number of rotatable bonds is 0. The maximum absolute atomic E-state index is 11.5. The van der Waals surface area contributed by atoms with Crippen LogP contribution in [0.2, 0.25) is 0 Å². The molecule has 0 saturated heterocycles. The summed E-state index contributed by atoms with van der Waals surface area (Å²) >= 11 is 11.9. The number of halogens is 2. The molecule has 3 aliphatic rings. The van der Waals surface area contributed by atoms with E-state index in [1.807, 2.05) is 0 Å². The van der Waals surface area contributed by atoms with Crippen LogP contribution in [0.15, 0.2) is 0 Å². The zero-order chi connectivity index (χ0) is 8.51. The van der Waals surface area contributed by atoms with Gasteiger partial charge in [-0.05, 0) is 31.1 Å². The van der Waals surface area contributed by atoms with E-state index in [1.54, 1.807) is 0 Å². The summed E-state index contributed by atoms with van der Waals surface area (Å²) in [7, 11) is 0. The van der Waals surface area contributed by atoms with Crippen molar-refractivity contribution in [3.05, 3.63) is 0 Å². The molecule has 0 heterocycles. The maximum Gasteiger partial charge on any atom is 0.179 e. The van der Waals surface area contributed by atoms with Gasteiger partial charge in [0.2, 0.25) is 0 Å². The summed E-state index contributed by atoms with van der Waals surface area (Å²) in [4.78, 5) is 11.5. The molecule has 3 saturated carbocycles. The van der Waals surface area contributed by atoms with Gasteiger partial charge in [0.05, 0.1) is 0 Å². The summed E-state index contributed by atoms with van der Waals surface area (Å²) in [6.07, 6.45) is 3.66. The van der Waals surface area contributed by atoms with Crippen LogP contribution in [-0.4, -0.2) is 10.1 Å². The van der Waals surface area contributed by atoms with Gasteiger partial charge in [-0.15, -0.1) is 0 Å². The molecule has 66 valence electrons. The molecule has 0 radical (unpaired) electrons. The molecule has 4 atom stereocenters. The van der Waals surface area contributed by atoms with E-state index in [0.29, 0.717) is 17.8 Å². The molecule has 0 amide bonds. The van der Waals surface area contributed by atoms with Crippen LogP contribution >= 0.6 is 23.2 Å². The Bertz CT molecular complexity index is 261. The molecule has 3 rings (SSSR count).